The average Bonchev–Trinajstić information content (AvgIpc) is 3.11. The Hall–Kier alpha value is -2.40. The Balaban J connectivity index is 1.60. The number of benzene rings is 1. The highest BCUT2D eigenvalue weighted by atomic mass is 16.5. The quantitative estimate of drug-likeness (QED) is 0.882. The molecule has 5 heteroatoms. The van der Waals surface area contributed by atoms with Crippen molar-refractivity contribution in [2.24, 2.45) is 0 Å². The van der Waals surface area contributed by atoms with E-state index in [2.05, 4.69) is 15.6 Å². The third-order valence-corrected chi connectivity index (χ3v) is 4.41. The molecule has 24 heavy (non-hydrogen) atoms. The molecule has 1 unspecified atom stereocenters. The van der Waals surface area contributed by atoms with Gasteiger partial charge in [0.25, 0.3) is 5.91 Å². The molecular weight excluding hydrogens is 302 g/mol. The zero-order valence-corrected chi connectivity index (χ0v) is 14.1. The Morgan fingerprint density at radius 3 is 2.88 bits per heavy atom. The van der Waals surface area contributed by atoms with E-state index in [-0.39, 0.29) is 12.0 Å². The van der Waals surface area contributed by atoms with Crippen molar-refractivity contribution in [2.45, 2.75) is 32.8 Å². The fraction of sp³-hybridized carbons (Fsp3) is 0.368. The molecule has 1 fully saturated rings. The van der Waals surface area contributed by atoms with Gasteiger partial charge in [0.05, 0.1) is 18.0 Å². The van der Waals surface area contributed by atoms with Crippen LogP contribution in [0.2, 0.25) is 0 Å². The maximum absolute atomic E-state index is 12.3. The lowest BCUT2D eigenvalue weighted by Gasteiger charge is -2.12. The first-order valence-electron chi connectivity index (χ1n) is 8.32. The van der Waals surface area contributed by atoms with Crippen LogP contribution in [0.4, 0.5) is 11.4 Å². The summed E-state index contributed by atoms with van der Waals surface area (Å²) in [4.78, 5) is 16.6. The third-order valence-electron chi connectivity index (χ3n) is 4.41. The predicted molar refractivity (Wildman–Crippen MR) is 95.6 cm³/mol. The van der Waals surface area contributed by atoms with Crippen molar-refractivity contribution in [1.29, 1.82) is 0 Å². The molecule has 1 aliphatic rings. The van der Waals surface area contributed by atoms with Crippen LogP contribution < -0.4 is 10.6 Å². The minimum absolute atomic E-state index is 0.200. The van der Waals surface area contributed by atoms with Gasteiger partial charge in [-0.15, -0.1) is 0 Å². The van der Waals surface area contributed by atoms with Crippen LogP contribution in [0.1, 0.15) is 34.5 Å². The molecule has 0 radical (unpaired) electrons. The number of nitrogens with one attached hydrogen (secondary N) is 2. The van der Waals surface area contributed by atoms with Crippen LogP contribution in [0.5, 0.6) is 0 Å². The summed E-state index contributed by atoms with van der Waals surface area (Å²) in [6.45, 7) is 5.64. The van der Waals surface area contributed by atoms with Crippen LogP contribution in [0, 0.1) is 13.8 Å². The summed E-state index contributed by atoms with van der Waals surface area (Å²) in [5, 5.41) is 6.22. The Labute approximate surface area is 142 Å². The van der Waals surface area contributed by atoms with Crippen molar-refractivity contribution in [3.63, 3.8) is 0 Å². The second kappa shape index (κ2) is 7.45. The lowest BCUT2D eigenvalue weighted by atomic mass is 10.1. The number of carbonyl (C=O) groups is 1. The summed E-state index contributed by atoms with van der Waals surface area (Å²) in [7, 11) is 0. The van der Waals surface area contributed by atoms with Gasteiger partial charge >= 0.3 is 0 Å². The number of hydrogen-bond donors (Lipinski definition) is 2. The molecule has 1 aromatic carbocycles. The van der Waals surface area contributed by atoms with Gasteiger partial charge in [0, 0.05) is 18.8 Å². The van der Waals surface area contributed by atoms with E-state index >= 15 is 0 Å². The van der Waals surface area contributed by atoms with Gasteiger partial charge < -0.3 is 15.4 Å². The summed E-state index contributed by atoms with van der Waals surface area (Å²) in [6, 6.07) is 9.47. The number of hydrogen-bond acceptors (Lipinski definition) is 4. The summed E-state index contributed by atoms with van der Waals surface area (Å²) in [5.41, 5.74) is 4.34. The summed E-state index contributed by atoms with van der Waals surface area (Å²) in [6.07, 6.45) is 4.18. The SMILES string of the molecule is Cc1cccc(NC(=O)c2ccc(NCC3CCCO3)cn2)c1C. The maximum atomic E-state index is 12.3. The molecule has 2 aromatic rings. The number of amides is 1. The van der Waals surface area contributed by atoms with Crippen LogP contribution in [0.15, 0.2) is 36.5 Å². The van der Waals surface area contributed by atoms with Crippen LogP contribution in [0.3, 0.4) is 0 Å². The van der Waals surface area contributed by atoms with E-state index in [9.17, 15) is 4.79 Å². The highest BCUT2D eigenvalue weighted by molar-refractivity contribution is 6.03. The van der Waals surface area contributed by atoms with E-state index in [0.29, 0.717) is 5.69 Å². The van der Waals surface area contributed by atoms with Gasteiger partial charge in [0.2, 0.25) is 0 Å². The number of aromatic nitrogens is 1. The monoisotopic (exact) mass is 325 g/mol. The van der Waals surface area contributed by atoms with E-state index in [1.165, 1.54) is 0 Å². The zero-order chi connectivity index (χ0) is 16.9. The number of rotatable bonds is 5. The second-order valence-corrected chi connectivity index (χ2v) is 6.15. The van der Waals surface area contributed by atoms with Gasteiger partial charge in [-0.3, -0.25) is 4.79 Å². The fourth-order valence-electron chi connectivity index (χ4n) is 2.74. The minimum atomic E-state index is -0.200. The molecule has 0 aliphatic carbocycles. The first-order valence-corrected chi connectivity index (χ1v) is 8.32. The molecule has 0 saturated carbocycles. The van der Waals surface area contributed by atoms with Gasteiger partial charge in [-0.25, -0.2) is 4.98 Å². The van der Waals surface area contributed by atoms with Gasteiger partial charge in [-0.05, 0) is 56.0 Å². The normalized spacial score (nSPS) is 16.8. The molecule has 2 heterocycles. The van der Waals surface area contributed by atoms with E-state index in [4.69, 9.17) is 4.74 Å². The van der Waals surface area contributed by atoms with Crippen molar-refractivity contribution in [1.82, 2.24) is 4.98 Å². The van der Waals surface area contributed by atoms with Gasteiger partial charge in [-0.1, -0.05) is 12.1 Å². The molecule has 1 aliphatic heterocycles. The molecule has 1 saturated heterocycles. The average molecular weight is 325 g/mol. The second-order valence-electron chi connectivity index (χ2n) is 6.15. The zero-order valence-electron chi connectivity index (χ0n) is 14.1. The van der Waals surface area contributed by atoms with Crippen molar-refractivity contribution >= 4 is 17.3 Å². The highest BCUT2D eigenvalue weighted by Crippen LogP contribution is 2.19. The lowest BCUT2D eigenvalue weighted by molar-refractivity contribution is 0.102. The van der Waals surface area contributed by atoms with Crippen molar-refractivity contribution in [3.8, 4) is 0 Å². The lowest BCUT2D eigenvalue weighted by Crippen LogP contribution is -2.19. The number of nitrogens with zero attached hydrogens (tertiary/aromatic N) is 1. The first-order chi connectivity index (χ1) is 11.6. The number of aryl methyl sites for hydroxylation is 1. The van der Waals surface area contributed by atoms with Crippen molar-refractivity contribution in [2.75, 3.05) is 23.8 Å². The van der Waals surface area contributed by atoms with Crippen LogP contribution in [-0.4, -0.2) is 30.1 Å². The third kappa shape index (κ3) is 3.92. The van der Waals surface area contributed by atoms with Crippen LogP contribution in [-0.2, 0) is 4.74 Å². The van der Waals surface area contributed by atoms with Gasteiger partial charge in [-0.2, -0.15) is 0 Å². The van der Waals surface area contributed by atoms with E-state index in [1.54, 1.807) is 12.3 Å². The molecular formula is C19H23N3O2. The molecule has 1 amide bonds. The highest BCUT2D eigenvalue weighted by Gasteiger charge is 2.15. The van der Waals surface area contributed by atoms with E-state index < -0.39 is 0 Å². The fourth-order valence-corrected chi connectivity index (χ4v) is 2.74. The standard InChI is InChI=1S/C19H23N3O2/c1-13-5-3-7-17(14(13)2)22-19(23)18-9-8-15(11-21-18)20-12-16-6-4-10-24-16/h3,5,7-9,11,16,20H,4,6,10,12H2,1-2H3,(H,22,23). The minimum Gasteiger partial charge on any atom is -0.381 e. The Kier molecular flexibility index (Phi) is 5.11. The number of carbonyl (C=O) groups excluding carboxylic acids is 1. The Morgan fingerprint density at radius 1 is 1.29 bits per heavy atom. The first kappa shape index (κ1) is 16.5. The van der Waals surface area contributed by atoms with Crippen LogP contribution >= 0.6 is 0 Å². The van der Waals surface area contributed by atoms with E-state index in [1.807, 2.05) is 38.1 Å². The molecule has 0 bridgehead atoms. The summed E-state index contributed by atoms with van der Waals surface area (Å²) >= 11 is 0. The molecule has 126 valence electrons. The van der Waals surface area contributed by atoms with Crippen molar-refractivity contribution in [3.05, 3.63) is 53.3 Å². The maximum Gasteiger partial charge on any atom is 0.274 e. The molecule has 1 atom stereocenters. The number of ether oxygens (including phenoxy) is 1. The summed E-state index contributed by atoms with van der Waals surface area (Å²) < 4.78 is 5.58. The molecule has 5 nitrogen and oxygen atoms in total. The molecule has 0 spiro atoms. The predicted octanol–water partition coefficient (Wildman–Crippen LogP) is 3.54. The topological polar surface area (TPSA) is 63.2 Å². The van der Waals surface area contributed by atoms with E-state index in [0.717, 1.165) is 48.5 Å². The molecule has 3 rings (SSSR count). The Bertz CT molecular complexity index is 707. The molecule has 2 N–H and O–H groups in total. The van der Waals surface area contributed by atoms with Gasteiger partial charge in [0.1, 0.15) is 5.69 Å². The number of pyridine rings is 1. The number of anilines is 2. The van der Waals surface area contributed by atoms with Gasteiger partial charge in [0.15, 0.2) is 0 Å². The van der Waals surface area contributed by atoms with Crippen LogP contribution in [0.25, 0.3) is 0 Å². The van der Waals surface area contributed by atoms with Crippen molar-refractivity contribution < 1.29 is 9.53 Å². The smallest absolute Gasteiger partial charge is 0.274 e. The largest absolute Gasteiger partial charge is 0.381 e. The Morgan fingerprint density at radius 2 is 2.17 bits per heavy atom. The summed E-state index contributed by atoms with van der Waals surface area (Å²) in [5.74, 6) is -0.200. The molecule has 1 aromatic heterocycles.